The van der Waals surface area contributed by atoms with Crippen LogP contribution >= 0.6 is 0 Å². The zero-order valence-corrected chi connectivity index (χ0v) is 17.1. The van der Waals surface area contributed by atoms with Gasteiger partial charge in [0.05, 0.1) is 6.61 Å². The van der Waals surface area contributed by atoms with Crippen LogP contribution in [0.3, 0.4) is 0 Å². The van der Waals surface area contributed by atoms with E-state index in [9.17, 15) is 9.90 Å². The fourth-order valence-electron chi connectivity index (χ4n) is 4.51. The Balaban J connectivity index is 1.49. The van der Waals surface area contributed by atoms with Crippen LogP contribution in [0.15, 0.2) is 30.3 Å². The molecule has 28 heavy (non-hydrogen) atoms. The average molecular weight is 390 g/mol. The molecule has 1 amide bonds. The van der Waals surface area contributed by atoms with Crippen molar-refractivity contribution in [3.8, 4) is 0 Å². The summed E-state index contributed by atoms with van der Waals surface area (Å²) in [5.74, 6) is 0. The molecular formula is C22H35N3O3. The SMILES string of the molecule is CCOC(=O)N1CCC(N2CCN(CCc3ccccc3)C(CCO)C2)CC1. The summed E-state index contributed by atoms with van der Waals surface area (Å²) in [6.07, 6.45) is 3.72. The molecule has 0 saturated carbocycles. The molecule has 0 aliphatic carbocycles. The van der Waals surface area contributed by atoms with Crippen LogP contribution in [0.5, 0.6) is 0 Å². The number of ether oxygens (including phenoxy) is 1. The lowest BCUT2D eigenvalue weighted by Crippen LogP contribution is -2.58. The van der Waals surface area contributed by atoms with E-state index in [4.69, 9.17) is 4.74 Å². The van der Waals surface area contributed by atoms with Crippen LogP contribution < -0.4 is 0 Å². The van der Waals surface area contributed by atoms with Gasteiger partial charge in [0.15, 0.2) is 0 Å². The highest BCUT2D eigenvalue weighted by atomic mass is 16.6. The lowest BCUT2D eigenvalue weighted by atomic mass is 9.99. The van der Waals surface area contributed by atoms with Crippen molar-refractivity contribution in [3.05, 3.63) is 35.9 Å². The number of likely N-dealkylation sites (tertiary alicyclic amines) is 1. The number of piperidine rings is 1. The topological polar surface area (TPSA) is 56.2 Å². The number of piperazine rings is 1. The molecule has 3 rings (SSSR count). The van der Waals surface area contributed by atoms with Crippen molar-refractivity contribution in [1.29, 1.82) is 0 Å². The average Bonchev–Trinajstić information content (AvgIpc) is 2.74. The predicted octanol–water partition coefficient (Wildman–Crippen LogP) is 2.22. The number of nitrogens with zero attached hydrogens (tertiary/aromatic N) is 3. The van der Waals surface area contributed by atoms with Crippen molar-refractivity contribution in [2.75, 3.05) is 52.5 Å². The van der Waals surface area contributed by atoms with E-state index in [-0.39, 0.29) is 12.7 Å². The van der Waals surface area contributed by atoms with Gasteiger partial charge in [0.1, 0.15) is 0 Å². The first kappa shape index (κ1) is 21.1. The summed E-state index contributed by atoms with van der Waals surface area (Å²) < 4.78 is 5.13. The normalized spacial score (nSPS) is 22.4. The van der Waals surface area contributed by atoms with E-state index >= 15 is 0 Å². The molecule has 2 heterocycles. The number of amides is 1. The Morgan fingerprint density at radius 3 is 2.57 bits per heavy atom. The highest BCUT2D eigenvalue weighted by Gasteiger charge is 2.33. The monoisotopic (exact) mass is 389 g/mol. The molecule has 0 aromatic heterocycles. The maximum Gasteiger partial charge on any atom is 0.409 e. The van der Waals surface area contributed by atoms with Gasteiger partial charge in [-0.15, -0.1) is 0 Å². The van der Waals surface area contributed by atoms with Crippen LogP contribution in [-0.2, 0) is 11.2 Å². The maximum atomic E-state index is 11.9. The van der Waals surface area contributed by atoms with Gasteiger partial charge in [-0.2, -0.15) is 0 Å². The van der Waals surface area contributed by atoms with Gasteiger partial charge in [-0.3, -0.25) is 9.80 Å². The van der Waals surface area contributed by atoms with Crippen molar-refractivity contribution in [2.24, 2.45) is 0 Å². The molecule has 2 fully saturated rings. The lowest BCUT2D eigenvalue weighted by Gasteiger charge is -2.46. The summed E-state index contributed by atoms with van der Waals surface area (Å²) in [7, 11) is 0. The van der Waals surface area contributed by atoms with Crippen LogP contribution in [0.2, 0.25) is 0 Å². The van der Waals surface area contributed by atoms with E-state index < -0.39 is 0 Å². The number of hydrogen-bond acceptors (Lipinski definition) is 5. The highest BCUT2D eigenvalue weighted by Crippen LogP contribution is 2.22. The molecule has 2 saturated heterocycles. The van der Waals surface area contributed by atoms with Gasteiger partial charge in [0, 0.05) is 58.0 Å². The van der Waals surface area contributed by atoms with Crippen LogP contribution in [-0.4, -0.2) is 90.5 Å². The molecule has 0 bridgehead atoms. The minimum atomic E-state index is -0.176. The predicted molar refractivity (Wildman–Crippen MR) is 110 cm³/mol. The van der Waals surface area contributed by atoms with E-state index in [1.165, 1.54) is 5.56 Å². The molecule has 1 N–H and O–H groups in total. The Hall–Kier alpha value is -1.63. The molecule has 2 aliphatic heterocycles. The van der Waals surface area contributed by atoms with E-state index in [2.05, 4.69) is 40.1 Å². The van der Waals surface area contributed by atoms with Gasteiger partial charge in [0.25, 0.3) is 0 Å². The van der Waals surface area contributed by atoms with Gasteiger partial charge in [-0.1, -0.05) is 30.3 Å². The molecule has 0 spiro atoms. The summed E-state index contributed by atoms with van der Waals surface area (Å²) in [6.45, 7) is 8.27. The Morgan fingerprint density at radius 1 is 1.14 bits per heavy atom. The quantitative estimate of drug-likeness (QED) is 0.775. The minimum absolute atomic E-state index is 0.176. The molecule has 1 aromatic carbocycles. The Labute approximate surface area is 169 Å². The molecule has 6 nitrogen and oxygen atoms in total. The number of benzene rings is 1. The number of rotatable bonds is 7. The summed E-state index contributed by atoms with van der Waals surface area (Å²) in [5.41, 5.74) is 1.37. The molecule has 6 heteroatoms. The molecule has 1 atom stereocenters. The van der Waals surface area contributed by atoms with E-state index in [0.29, 0.717) is 18.7 Å². The van der Waals surface area contributed by atoms with Gasteiger partial charge >= 0.3 is 6.09 Å². The number of carbonyl (C=O) groups excluding carboxylic acids is 1. The number of aliphatic hydroxyl groups excluding tert-OH is 1. The second kappa shape index (κ2) is 10.8. The van der Waals surface area contributed by atoms with Crippen molar-refractivity contribution in [1.82, 2.24) is 14.7 Å². The maximum absolute atomic E-state index is 11.9. The van der Waals surface area contributed by atoms with Gasteiger partial charge in [0.2, 0.25) is 0 Å². The van der Waals surface area contributed by atoms with Crippen LogP contribution in [0.4, 0.5) is 4.79 Å². The summed E-state index contributed by atoms with van der Waals surface area (Å²) >= 11 is 0. The summed E-state index contributed by atoms with van der Waals surface area (Å²) in [5, 5.41) is 9.56. The molecule has 156 valence electrons. The number of carbonyl (C=O) groups is 1. The van der Waals surface area contributed by atoms with Crippen LogP contribution in [0, 0.1) is 0 Å². The largest absolute Gasteiger partial charge is 0.450 e. The molecule has 1 unspecified atom stereocenters. The van der Waals surface area contributed by atoms with Crippen molar-refractivity contribution < 1.29 is 14.6 Å². The van der Waals surface area contributed by atoms with Crippen LogP contribution in [0.1, 0.15) is 31.7 Å². The first-order chi connectivity index (χ1) is 13.7. The van der Waals surface area contributed by atoms with Crippen molar-refractivity contribution in [3.63, 3.8) is 0 Å². The molecule has 1 aromatic rings. The molecule has 2 aliphatic rings. The number of hydrogen-bond donors (Lipinski definition) is 1. The first-order valence-electron chi connectivity index (χ1n) is 10.8. The van der Waals surface area contributed by atoms with Gasteiger partial charge < -0.3 is 14.7 Å². The third-order valence-electron chi connectivity index (χ3n) is 6.14. The Bertz CT molecular complexity index is 590. The Kier molecular flexibility index (Phi) is 8.13. The summed E-state index contributed by atoms with van der Waals surface area (Å²) in [4.78, 5) is 18.9. The van der Waals surface area contributed by atoms with E-state index in [0.717, 1.165) is 65.0 Å². The van der Waals surface area contributed by atoms with Crippen molar-refractivity contribution in [2.45, 2.75) is 44.7 Å². The van der Waals surface area contributed by atoms with E-state index in [1.54, 1.807) is 0 Å². The second-order valence-corrected chi connectivity index (χ2v) is 7.85. The van der Waals surface area contributed by atoms with Gasteiger partial charge in [-0.05, 0) is 38.2 Å². The minimum Gasteiger partial charge on any atom is -0.450 e. The van der Waals surface area contributed by atoms with Gasteiger partial charge in [-0.25, -0.2) is 4.79 Å². The first-order valence-corrected chi connectivity index (χ1v) is 10.8. The molecule has 0 radical (unpaired) electrons. The lowest BCUT2D eigenvalue weighted by molar-refractivity contribution is 0.0160. The fourth-order valence-corrected chi connectivity index (χ4v) is 4.51. The molecular weight excluding hydrogens is 354 g/mol. The standard InChI is InChI=1S/C22H35N3O3/c1-2-28-22(27)24-13-9-20(10-14-24)25-16-15-23(21(18-25)11-17-26)12-8-19-6-4-3-5-7-19/h3-7,20-21,26H,2,8-18H2,1H3. The smallest absolute Gasteiger partial charge is 0.409 e. The number of aliphatic hydroxyl groups is 1. The van der Waals surface area contributed by atoms with Crippen LogP contribution in [0.25, 0.3) is 0 Å². The van der Waals surface area contributed by atoms with Crippen molar-refractivity contribution >= 4 is 6.09 Å². The second-order valence-electron chi connectivity index (χ2n) is 7.85. The third-order valence-corrected chi connectivity index (χ3v) is 6.14. The highest BCUT2D eigenvalue weighted by molar-refractivity contribution is 5.67. The zero-order valence-electron chi connectivity index (χ0n) is 17.1. The van der Waals surface area contributed by atoms with E-state index in [1.807, 2.05) is 11.8 Å². The summed E-state index contributed by atoms with van der Waals surface area (Å²) in [6, 6.07) is 11.6. The Morgan fingerprint density at radius 2 is 1.89 bits per heavy atom. The fraction of sp³-hybridized carbons (Fsp3) is 0.682. The zero-order chi connectivity index (χ0) is 19.8. The third kappa shape index (κ3) is 5.69.